The fraction of sp³-hybridized carbons (Fsp3) is 0.684. The summed E-state index contributed by atoms with van der Waals surface area (Å²) in [5.41, 5.74) is 1.02. The third kappa shape index (κ3) is 5.68. The summed E-state index contributed by atoms with van der Waals surface area (Å²) in [6, 6.07) is 4.52. The van der Waals surface area contributed by atoms with Gasteiger partial charge in [-0.05, 0) is 50.8 Å². The smallest absolute Gasteiger partial charge is 0.224 e. The minimum absolute atomic E-state index is 0.142. The SMILES string of the molecule is O=C(NCCCNc1cccnc1)[C@@H]1CCCN(C2CCOCC2)C1. The largest absolute Gasteiger partial charge is 0.384 e. The van der Waals surface area contributed by atoms with Crippen molar-refractivity contribution in [1.82, 2.24) is 15.2 Å². The zero-order valence-electron chi connectivity index (χ0n) is 15.0. The number of likely N-dealkylation sites (tertiary alicyclic amines) is 1. The van der Waals surface area contributed by atoms with E-state index in [9.17, 15) is 4.79 Å². The number of carbonyl (C=O) groups excluding carboxylic acids is 1. The molecule has 2 aliphatic heterocycles. The van der Waals surface area contributed by atoms with Gasteiger partial charge in [-0.25, -0.2) is 0 Å². The van der Waals surface area contributed by atoms with Crippen molar-refractivity contribution in [1.29, 1.82) is 0 Å². The van der Waals surface area contributed by atoms with Gasteiger partial charge in [-0.1, -0.05) is 0 Å². The van der Waals surface area contributed by atoms with Gasteiger partial charge in [0.2, 0.25) is 5.91 Å². The van der Waals surface area contributed by atoms with Crippen LogP contribution in [0.15, 0.2) is 24.5 Å². The lowest BCUT2D eigenvalue weighted by atomic mass is 9.94. The fourth-order valence-corrected chi connectivity index (χ4v) is 3.75. The topological polar surface area (TPSA) is 66.5 Å². The molecule has 2 saturated heterocycles. The molecule has 3 heterocycles. The Labute approximate surface area is 150 Å². The average molecular weight is 346 g/mol. The molecule has 6 heteroatoms. The Bertz CT molecular complexity index is 519. The van der Waals surface area contributed by atoms with E-state index in [1.165, 1.54) is 0 Å². The number of piperidine rings is 1. The molecule has 0 aliphatic carbocycles. The molecular formula is C19H30N4O2. The number of amides is 1. The van der Waals surface area contributed by atoms with E-state index in [0.29, 0.717) is 6.04 Å². The molecule has 1 amide bonds. The zero-order valence-corrected chi connectivity index (χ0v) is 15.0. The Morgan fingerprint density at radius 2 is 2.16 bits per heavy atom. The van der Waals surface area contributed by atoms with E-state index in [-0.39, 0.29) is 11.8 Å². The first-order valence-corrected chi connectivity index (χ1v) is 9.56. The fourth-order valence-electron chi connectivity index (χ4n) is 3.75. The van der Waals surface area contributed by atoms with E-state index in [0.717, 1.165) is 77.2 Å². The van der Waals surface area contributed by atoms with Gasteiger partial charge in [0.15, 0.2) is 0 Å². The number of carbonyl (C=O) groups is 1. The third-order valence-electron chi connectivity index (χ3n) is 5.17. The van der Waals surface area contributed by atoms with Crippen molar-refractivity contribution in [3.8, 4) is 0 Å². The van der Waals surface area contributed by atoms with E-state index in [1.807, 2.05) is 18.3 Å². The Balaban J connectivity index is 1.33. The van der Waals surface area contributed by atoms with Crippen molar-refractivity contribution in [3.63, 3.8) is 0 Å². The second-order valence-electron chi connectivity index (χ2n) is 6.99. The Hall–Kier alpha value is -1.66. The minimum atomic E-state index is 0.142. The van der Waals surface area contributed by atoms with Gasteiger partial charge in [0.05, 0.1) is 11.6 Å². The number of hydrogen-bond donors (Lipinski definition) is 2. The van der Waals surface area contributed by atoms with Crippen LogP contribution in [0.2, 0.25) is 0 Å². The number of anilines is 1. The molecular weight excluding hydrogens is 316 g/mol. The Morgan fingerprint density at radius 3 is 2.96 bits per heavy atom. The first-order chi connectivity index (χ1) is 12.3. The third-order valence-corrected chi connectivity index (χ3v) is 5.17. The van der Waals surface area contributed by atoms with Crippen molar-refractivity contribution in [3.05, 3.63) is 24.5 Å². The first-order valence-electron chi connectivity index (χ1n) is 9.56. The van der Waals surface area contributed by atoms with Crippen LogP contribution in [-0.4, -0.2) is 61.2 Å². The highest BCUT2D eigenvalue weighted by Crippen LogP contribution is 2.23. The van der Waals surface area contributed by atoms with Gasteiger partial charge in [0, 0.05) is 51.3 Å². The van der Waals surface area contributed by atoms with E-state index >= 15 is 0 Å². The van der Waals surface area contributed by atoms with Crippen LogP contribution in [0.4, 0.5) is 5.69 Å². The molecule has 1 atom stereocenters. The average Bonchev–Trinajstić information content (AvgIpc) is 2.69. The number of rotatable bonds is 7. The number of pyridine rings is 1. The van der Waals surface area contributed by atoms with Crippen LogP contribution in [0.25, 0.3) is 0 Å². The number of ether oxygens (including phenoxy) is 1. The van der Waals surface area contributed by atoms with Gasteiger partial charge >= 0.3 is 0 Å². The van der Waals surface area contributed by atoms with Gasteiger partial charge in [-0.2, -0.15) is 0 Å². The second kappa shape index (κ2) is 9.73. The maximum atomic E-state index is 12.5. The molecule has 3 rings (SSSR count). The van der Waals surface area contributed by atoms with Crippen molar-refractivity contribution in [2.75, 3.05) is 44.7 Å². The Kier molecular flexibility index (Phi) is 7.06. The van der Waals surface area contributed by atoms with Crippen LogP contribution in [0.5, 0.6) is 0 Å². The normalized spacial score (nSPS) is 22.5. The monoisotopic (exact) mass is 346 g/mol. The number of aromatic nitrogens is 1. The molecule has 6 nitrogen and oxygen atoms in total. The molecule has 0 bridgehead atoms. The summed E-state index contributed by atoms with van der Waals surface area (Å²) in [6.45, 7) is 5.32. The van der Waals surface area contributed by atoms with Crippen LogP contribution in [0, 0.1) is 5.92 Å². The highest BCUT2D eigenvalue weighted by atomic mass is 16.5. The van der Waals surface area contributed by atoms with Gasteiger partial charge in [0.1, 0.15) is 0 Å². The lowest BCUT2D eigenvalue weighted by Crippen LogP contribution is -2.48. The number of hydrogen-bond acceptors (Lipinski definition) is 5. The maximum Gasteiger partial charge on any atom is 0.224 e. The quantitative estimate of drug-likeness (QED) is 0.738. The van der Waals surface area contributed by atoms with Crippen molar-refractivity contribution >= 4 is 11.6 Å². The first kappa shape index (κ1) is 18.1. The van der Waals surface area contributed by atoms with E-state index in [2.05, 4.69) is 20.5 Å². The van der Waals surface area contributed by atoms with E-state index in [4.69, 9.17) is 4.74 Å². The van der Waals surface area contributed by atoms with Crippen LogP contribution in [-0.2, 0) is 9.53 Å². The summed E-state index contributed by atoms with van der Waals surface area (Å²) in [7, 11) is 0. The van der Waals surface area contributed by atoms with Crippen LogP contribution < -0.4 is 10.6 Å². The molecule has 2 N–H and O–H groups in total. The zero-order chi connectivity index (χ0) is 17.3. The van der Waals surface area contributed by atoms with E-state index < -0.39 is 0 Å². The predicted molar refractivity (Wildman–Crippen MR) is 98.5 cm³/mol. The summed E-state index contributed by atoms with van der Waals surface area (Å²) >= 11 is 0. The maximum absolute atomic E-state index is 12.5. The van der Waals surface area contributed by atoms with Crippen molar-refractivity contribution < 1.29 is 9.53 Å². The molecule has 138 valence electrons. The van der Waals surface area contributed by atoms with Crippen LogP contribution in [0.3, 0.4) is 0 Å². The summed E-state index contributed by atoms with van der Waals surface area (Å²) in [6.07, 6.45) is 8.84. The second-order valence-corrected chi connectivity index (χ2v) is 6.99. The molecule has 25 heavy (non-hydrogen) atoms. The molecule has 1 aromatic rings. The summed E-state index contributed by atoms with van der Waals surface area (Å²) in [4.78, 5) is 19.1. The van der Waals surface area contributed by atoms with E-state index in [1.54, 1.807) is 6.20 Å². The van der Waals surface area contributed by atoms with Crippen molar-refractivity contribution in [2.45, 2.75) is 38.1 Å². The minimum Gasteiger partial charge on any atom is -0.384 e. The molecule has 0 spiro atoms. The molecule has 0 radical (unpaired) electrons. The molecule has 0 unspecified atom stereocenters. The van der Waals surface area contributed by atoms with Gasteiger partial charge in [-0.15, -0.1) is 0 Å². The summed E-state index contributed by atoms with van der Waals surface area (Å²) < 4.78 is 5.46. The van der Waals surface area contributed by atoms with Gasteiger partial charge in [-0.3, -0.25) is 14.7 Å². The van der Waals surface area contributed by atoms with Crippen LogP contribution in [0.1, 0.15) is 32.1 Å². The number of nitrogens with zero attached hydrogens (tertiary/aromatic N) is 2. The van der Waals surface area contributed by atoms with Gasteiger partial charge in [0.25, 0.3) is 0 Å². The lowest BCUT2D eigenvalue weighted by molar-refractivity contribution is -0.127. The highest BCUT2D eigenvalue weighted by molar-refractivity contribution is 5.78. The lowest BCUT2D eigenvalue weighted by Gasteiger charge is -2.39. The summed E-state index contributed by atoms with van der Waals surface area (Å²) in [5.74, 6) is 0.362. The molecule has 2 fully saturated rings. The standard InChI is InChI=1S/C19H30N4O2/c24-19(22-10-3-9-21-17-5-1-8-20-14-17)16-4-2-11-23(15-16)18-6-12-25-13-7-18/h1,5,8,14,16,18,21H,2-4,6-7,9-13,15H2,(H,22,24)/t16-/m1/s1. The van der Waals surface area contributed by atoms with Crippen LogP contribution >= 0.6 is 0 Å². The molecule has 0 aromatic carbocycles. The molecule has 1 aromatic heterocycles. The Morgan fingerprint density at radius 1 is 1.28 bits per heavy atom. The number of nitrogens with one attached hydrogen (secondary N) is 2. The molecule has 0 saturated carbocycles. The van der Waals surface area contributed by atoms with Gasteiger partial charge < -0.3 is 15.4 Å². The highest BCUT2D eigenvalue weighted by Gasteiger charge is 2.30. The summed E-state index contributed by atoms with van der Waals surface area (Å²) in [5, 5.41) is 6.43. The molecule has 2 aliphatic rings. The predicted octanol–water partition coefficient (Wildman–Crippen LogP) is 1.89. The van der Waals surface area contributed by atoms with Crippen molar-refractivity contribution in [2.24, 2.45) is 5.92 Å².